The molecule has 0 radical (unpaired) electrons. The lowest BCUT2D eigenvalue weighted by molar-refractivity contribution is 0.967. The molecular formula is C5H9N5. The van der Waals surface area contributed by atoms with Gasteiger partial charge >= 0.3 is 0 Å². The zero-order valence-corrected chi connectivity index (χ0v) is 5.65. The van der Waals surface area contributed by atoms with Gasteiger partial charge < -0.3 is 5.73 Å². The first-order valence-corrected chi connectivity index (χ1v) is 2.77. The van der Waals surface area contributed by atoms with E-state index in [-0.39, 0.29) is 5.95 Å². The van der Waals surface area contributed by atoms with Crippen LogP contribution in [0.4, 0.5) is 11.8 Å². The summed E-state index contributed by atoms with van der Waals surface area (Å²) in [4.78, 5) is 7.55. The topological polar surface area (TPSA) is 81.1 Å². The van der Waals surface area contributed by atoms with E-state index in [4.69, 9.17) is 11.6 Å². The molecule has 1 rings (SSSR count). The fourth-order valence-electron chi connectivity index (χ4n) is 0.560. The third-order valence-electron chi connectivity index (χ3n) is 1.02. The summed E-state index contributed by atoms with van der Waals surface area (Å²) < 4.78 is 0. The molecule has 1 aromatic heterocycles. The molecule has 0 aliphatic heterocycles. The Morgan fingerprint density at radius 1 is 1.60 bits per heavy atom. The maximum absolute atomic E-state index is 5.37. The van der Waals surface area contributed by atoms with Crippen LogP contribution >= 0.6 is 0 Å². The molecular weight excluding hydrogens is 130 g/mol. The predicted octanol–water partition coefficient (Wildman–Crippen LogP) is -0.631. The minimum Gasteiger partial charge on any atom is -0.368 e. The van der Waals surface area contributed by atoms with Crippen molar-refractivity contribution in [1.82, 2.24) is 9.97 Å². The lowest BCUT2D eigenvalue weighted by Crippen LogP contribution is -2.26. The molecule has 5 nitrogen and oxygen atoms in total. The first kappa shape index (κ1) is 6.76. The van der Waals surface area contributed by atoms with Gasteiger partial charge in [-0.15, -0.1) is 0 Å². The molecule has 0 fully saturated rings. The molecule has 4 N–H and O–H groups in total. The number of nitrogens with two attached hydrogens (primary N) is 2. The molecule has 10 heavy (non-hydrogen) atoms. The number of nitrogen functional groups attached to an aromatic ring is 1. The Balaban J connectivity index is 2.96. The van der Waals surface area contributed by atoms with Crippen molar-refractivity contribution in [3.05, 3.63) is 12.3 Å². The van der Waals surface area contributed by atoms with E-state index in [1.54, 1.807) is 19.3 Å². The van der Waals surface area contributed by atoms with E-state index in [2.05, 4.69) is 9.97 Å². The van der Waals surface area contributed by atoms with Gasteiger partial charge in [-0.25, -0.2) is 10.8 Å². The second kappa shape index (κ2) is 2.49. The van der Waals surface area contributed by atoms with Gasteiger partial charge in [-0.2, -0.15) is 4.98 Å². The Hall–Kier alpha value is -1.36. The van der Waals surface area contributed by atoms with Crippen LogP contribution in [0.15, 0.2) is 12.3 Å². The molecule has 0 amide bonds. The molecule has 0 spiro atoms. The molecule has 5 heteroatoms. The molecule has 0 aliphatic rings. The Bertz CT molecular complexity index is 221. The SMILES string of the molecule is CN(N)c1ccnc(N)n1. The lowest BCUT2D eigenvalue weighted by atomic mass is 10.6. The third kappa shape index (κ3) is 1.32. The Labute approximate surface area is 58.6 Å². The van der Waals surface area contributed by atoms with Crippen LogP contribution in [-0.4, -0.2) is 17.0 Å². The van der Waals surface area contributed by atoms with E-state index in [1.807, 2.05) is 0 Å². The van der Waals surface area contributed by atoms with E-state index in [9.17, 15) is 0 Å². The number of hydrogen-bond acceptors (Lipinski definition) is 5. The summed E-state index contributed by atoms with van der Waals surface area (Å²) in [6, 6.07) is 1.68. The summed E-state index contributed by atoms with van der Waals surface area (Å²) in [5.41, 5.74) is 5.29. The van der Waals surface area contributed by atoms with Crippen molar-refractivity contribution >= 4 is 11.8 Å². The van der Waals surface area contributed by atoms with Crippen LogP contribution in [-0.2, 0) is 0 Å². The van der Waals surface area contributed by atoms with Gasteiger partial charge in [-0.05, 0) is 0 Å². The zero-order chi connectivity index (χ0) is 7.56. The summed E-state index contributed by atoms with van der Waals surface area (Å²) in [7, 11) is 1.68. The normalized spacial score (nSPS) is 9.40. The van der Waals surface area contributed by atoms with Crippen LogP contribution in [0.3, 0.4) is 0 Å². The highest BCUT2D eigenvalue weighted by Crippen LogP contribution is 2.03. The summed E-state index contributed by atoms with van der Waals surface area (Å²) in [5.74, 6) is 6.21. The van der Waals surface area contributed by atoms with E-state index >= 15 is 0 Å². The van der Waals surface area contributed by atoms with Gasteiger partial charge in [0, 0.05) is 19.3 Å². The molecule has 0 saturated carbocycles. The number of hydrazine groups is 1. The zero-order valence-electron chi connectivity index (χ0n) is 5.65. The molecule has 0 aliphatic carbocycles. The van der Waals surface area contributed by atoms with Crippen molar-refractivity contribution < 1.29 is 0 Å². The minimum absolute atomic E-state index is 0.231. The number of rotatable bonds is 1. The molecule has 54 valence electrons. The van der Waals surface area contributed by atoms with E-state index in [0.717, 1.165) is 0 Å². The maximum atomic E-state index is 5.37. The van der Waals surface area contributed by atoms with Crippen molar-refractivity contribution in [1.29, 1.82) is 0 Å². The average molecular weight is 139 g/mol. The Morgan fingerprint density at radius 3 is 2.70 bits per heavy atom. The van der Waals surface area contributed by atoms with Gasteiger partial charge in [0.1, 0.15) is 5.82 Å². The minimum atomic E-state index is 0.231. The fourth-order valence-corrected chi connectivity index (χ4v) is 0.560. The number of anilines is 2. The highest BCUT2D eigenvalue weighted by atomic mass is 15.4. The average Bonchev–Trinajstić information content (AvgIpc) is 1.88. The number of hydrogen-bond donors (Lipinski definition) is 2. The van der Waals surface area contributed by atoms with Gasteiger partial charge in [-0.1, -0.05) is 0 Å². The third-order valence-corrected chi connectivity index (χ3v) is 1.02. The summed E-state index contributed by atoms with van der Waals surface area (Å²) in [6.45, 7) is 0. The molecule has 0 atom stereocenters. The fraction of sp³-hybridized carbons (Fsp3) is 0.200. The van der Waals surface area contributed by atoms with Gasteiger partial charge in [0.05, 0.1) is 0 Å². The van der Waals surface area contributed by atoms with Crippen LogP contribution in [0.25, 0.3) is 0 Å². The van der Waals surface area contributed by atoms with Gasteiger partial charge in [0.2, 0.25) is 5.95 Å². The summed E-state index contributed by atoms with van der Waals surface area (Å²) in [5, 5.41) is 1.37. The number of aromatic nitrogens is 2. The summed E-state index contributed by atoms with van der Waals surface area (Å²) in [6.07, 6.45) is 1.56. The van der Waals surface area contributed by atoms with Crippen molar-refractivity contribution in [3.8, 4) is 0 Å². The standard InChI is InChI=1S/C5H9N5/c1-10(7)4-2-3-8-5(6)9-4/h2-3H,7H2,1H3,(H2,6,8,9). The van der Waals surface area contributed by atoms with Crippen LogP contribution in [0.1, 0.15) is 0 Å². The number of nitrogens with zero attached hydrogens (tertiary/aromatic N) is 3. The molecule has 0 unspecified atom stereocenters. The monoisotopic (exact) mass is 139 g/mol. The van der Waals surface area contributed by atoms with Crippen molar-refractivity contribution in [2.24, 2.45) is 5.84 Å². The van der Waals surface area contributed by atoms with Crippen LogP contribution in [0, 0.1) is 0 Å². The van der Waals surface area contributed by atoms with Crippen LogP contribution in [0.5, 0.6) is 0 Å². The van der Waals surface area contributed by atoms with Crippen molar-refractivity contribution in [2.75, 3.05) is 17.8 Å². The van der Waals surface area contributed by atoms with Gasteiger partial charge in [0.25, 0.3) is 0 Å². The van der Waals surface area contributed by atoms with E-state index in [0.29, 0.717) is 5.82 Å². The molecule has 0 aromatic carbocycles. The van der Waals surface area contributed by atoms with Crippen molar-refractivity contribution in [2.45, 2.75) is 0 Å². The van der Waals surface area contributed by atoms with Crippen molar-refractivity contribution in [3.63, 3.8) is 0 Å². The predicted molar refractivity (Wildman–Crippen MR) is 39.0 cm³/mol. The van der Waals surface area contributed by atoms with Crippen LogP contribution in [0.2, 0.25) is 0 Å². The Morgan fingerprint density at radius 2 is 2.30 bits per heavy atom. The first-order chi connectivity index (χ1) is 4.70. The second-order valence-electron chi connectivity index (χ2n) is 1.88. The van der Waals surface area contributed by atoms with Gasteiger partial charge in [-0.3, -0.25) is 5.01 Å². The van der Waals surface area contributed by atoms with Gasteiger partial charge in [0.15, 0.2) is 0 Å². The van der Waals surface area contributed by atoms with E-state index in [1.165, 1.54) is 5.01 Å². The molecule has 1 aromatic rings. The van der Waals surface area contributed by atoms with E-state index < -0.39 is 0 Å². The quantitative estimate of drug-likeness (QED) is 0.400. The first-order valence-electron chi connectivity index (χ1n) is 2.77. The molecule has 0 bridgehead atoms. The summed E-state index contributed by atoms with van der Waals surface area (Å²) >= 11 is 0. The Kier molecular flexibility index (Phi) is 1.68. The highest BCUT2D eigenvalue weighted by molar-refractivity contribution is 5.37. The lowest BCUT2D eigenvalue weighted by Gasteiger charge is -2.09. The molecule has 1 heterocycles. The largest absolute Gasteiger partial charge is 0.368 e. The highest BCUT2D eigenvalue weighted by Gasteiger charge is 1.95. The maximum Gasteiger partial charge on any atom is 0.221 e. The van der Waals surface area contributed by atoms with Crippen LogP contribution < -0.4 is 16.6 Å². The smallest absolute Gasteiger partial charge is 0.221 e. The molecule has 0 saturated heterocycles. The second-order valence-corrected chi connectivity index (χ2v) is 1.88.